The predicted molar refractivity (Wildman–Crippen MR) is 113 cm³/mol. The van der Waals surface area contributed by atoms with Gasteiger partial charge in [0.05, 0.1) is 13.2 Å². The molecule has 0 aliphatic carbocycles. The summed E-state index contributed by atoms with van der Waals surface area (Å²) in [6, 6.07) is 11.4. The second kappa shape index (κ2) is 8.88. The Hall–Kier alpha value is -2.18. The van der Waals surface area contributed by atoms with Crippen molar-refractivity contribution in [2.24, 2.45) is 0 Å². The van der Waals surface area contributed by atoms with Gasteiger partial charge in [-0.15, -0.1) is 0 Å². The van der Waals surface area contributed by atoms with Gasteiger partial charge in [-0.3, -0.25) is 4.90 Å². The van der Waals surface area contributed by atoms with Gasteiger partial charge in [-0.2, -0.15) is 4.98 Å². The average Bonchev–Trinajstić information content (AvgIpc) is 2.74. The zero-order valence-electron chi connectivity index (χ0n) is 17.0. The third-order valence-corrected chi connectivity index (χ3v) is 5.80. The largest absolute Gasteiger partial charge is 0.378 e. The maximum atomic E-state index is 5.45. The first-order valence-corrected chi connectivity index (χ1v) is 10.4. The van der Waals surface area contributed by atoms with Gasteiger partial charge in [0.1, 0.15) is 5.82 Å². The Bertz CT molecular complexity index is 777. The molecule has 3 heterocycles. The summed E-state index contributed by atoms with van der Waals surface area (Å²) >= 11 is 0. The minimum Gasteiger partial charge on any atom is -0.378 e. The average molecular weight is 382 g/mol. The van der Waals surface area contributed by atoms with Crippen molar-refractivity contribution in [1.29, 1.82) is 0 Å². The minimum absolute atomic E-state index is 0.478. The molecule has 0 N–H and O–H groups in total. The van der Waals surface area contributed by atoms with Crippen LogP contribution in [0.1, 0.15) is 24.0 Å². The van der Waals surface area contributed by atoms with Gasteiger partial charge >= 0.3 is 0 Å². The number of hydrogen-bond acceptors (Lipinski definition) is 6. The summed E-state index contributed by atoms with van der Waals surface area (Å²) in [6.45, 7) is 8.65. The maximum absolute atomic E-state index is 5.45. The van der Waals surface area contributed by atoms with Crippen LogP contribution in [0.4, 0.5) is 11.8 Å². The molecule has 0 amide bonds. The van der Waals surface area contributed by atoms with Gasteiger partial charge in [-0.1, -0.05) is 29.8 Å². The van der Waals surface area contributed by atoms with Crippen molar-refractivity contribution >= 4 is 11.8 Å². The number of ether oxygens (including phenoxy) is 1. The van der Waals surface area contributed by atoms with Crippen LogP contribution in [0.25, 0.3) is 0 Å². The Labute approximate surface area is 168 Å². The predicted octanol–water partition coefficient (Wildman–Crippen LogP) is 2.72. The summed E-state index contributed by atoms with van der Waals surface area (Å²) in [7, 11) is 2.17. The smallest absolute Gasteiger partial charge is 0.227 e. The van der Waals surface area contributed by atoms with E-state index in [-0.39, 0.29) is 0 Å². The molecule has 2 aliphatic rings. The lowest BCUT2D eigenvalue weighted by atomic mass is 10.0. The molecule has 6 heteroatoms. The van der Waals surface area contributed by atoms with Crippen molar-refractivity contribution < 1.29 is 4.74 Å². The van der Waals surface area contributed by atoms with E-state index in [0.717, 1.165) is 51.2 Å². The first kappa shape index (κ1) is 19.2. The highest BCUT2D eigenvalue weighted by atomic mass is 16.5. The Kier molecular flexibility index (Phi) is 6.07. The van der Waals surface area contributed by atoms with E-state index in [9.17, 15) is 0 Å². The van der Waals surface area contributed by atoms with Crippen LogP contribution < -0.4 is 9.80 Å². The van der Waals surface area contributed by atoms with Crippen LogP contribution in [0.15, 0.2) is 36.5 Å². The fraction of sp³-hybridized carbons (Fsp3) is 0.545. The van der Waals surface area contributed by atoms with Crippen LogP contribution in [0.3, 0.4) is 0 Å². The molecule has 0 radical (unpaired) electrons. The molecule has 2 aliphatic heterocycles. The number of likely N-dealkylation sites (tertiary alicyclic amines) is 1. The lowest BCUT2D eigenvalue weighted by Gasteiger charge is -2.38. The van der Waals surface area contributed by atoms with E-state index in [2.05, 4.69) is 57.9 Å². The van der Waals surface area contributed by atoms with E-state index in [1.54, 1.807) is 0 Å². The number of hydrogen-bond donors (Lipinski definition) is 0. The van der Waals surface area contributed by atoms with Gasteiger partial charge in [0.15, 0.2) is 0 Å². The number of nitrogens with zero attached hydrogens (tertiary/aromatic N) is 5. The molecule has 0 saturated carbocycles. The number of anilines is 2. The Morgan fingerprint density at radius 1 is 1.18 bits per heavy atom. The Morgan fingerprint density at radius 3 is 2.86 bits per heavy atom. The maximum Gasteiger partial charge on any atom is 0.227 e. The third kappa shape index (κ3) is 4.62. The zero-order chi connectivity index (χ0) is 19.3. The summed E-state index contributed by atoms with van der Waals surface area (Å²) < 4.78 is 5.45. The SMILES string of the molecule is Cc1cccc(CN2CCCC(N(C)c3ccnc(N4CCOCC4)n3)C2)c1. The monoisotopic (exact) mass is 381 g/mol. The summed E-state index contributed by atoms with van der Waals surface area (Å²) in [5, 5.41) is 0. The summed E-state index contributed by atoms with van der Waals surface area (Å²) in [6.07, 6.45) is 4.32. The lowest BCUT2D eigenvalue weighted by Crippen LogP contribution is -2.46. The van der Waals surface area contributed by atoms with E-state index in [1.165, 1.54) is 30.5 Å². The molecule has 28 heavy (non-hydrogen) atoms. The summed E-state index contributed by atoms with van der Waals surface area (Å²) in [5.41, 5.74) is 2.74. The Morgan fingerprint density at radius 2 is 2.04 bits per heavy atom. The van der Waals surface area contributed by atoms with Gasteiger partial charge in [-0.25, -0.2) is 4.98 Å². The lowest BCUT2D eigenvalue weighted by molar-refractivity contribution is 0.122. The zero-order valence-corrected chi connectivity index (χ0v) is 17.0. The molecular formula is C22H31N5O. The van der Waals surface area contributed by atoms with Crippen molar-refractivity contribution in [1.82, 2.24) is 14.9 Å². The van der Waals surface area contributed by atoms with Gasteiger partial charge < -0.3 is 14.5 Å². The molecule has 150 valence electrons. The standard InChI is InChI=1S/C22H31N5O/c1-18-5-3-6-19(15-18)16-26-10-4-7-20(17-26)25(2)21-8-9-23-22(24-21)27-11-13-28-14-12-27/h3,5-6,8-9,15,20H,4,7,10-14,16-17H2,1-2H3. The van der Waals surface area contributed by atoms with Crippen molar-refractivity contribution in [3.8, 4) is 0 Å². The molecule has 1 unspecified atom stereocenters. The number of piperidine rings is 1. The molecule has 1 atom stereocenters. The van der Waals surface area contributed by atoms with Crippen molar-refractivity contribution in [2.45, 2.75) is 32.4 Å². The highest BCUT2D eigenvalue weighted by Crippen LogP contribution is 2.23. The molecule has 2 saturated heterocycles. The van der Waals surface area contributed by atoms with Crippen LogP contribution in [-0.4, -0.2) is 67.4 Å². The van der Waals surface area contributed by atoms with Gasteiger partial charge in [0.25, 0.3) is 0 Å². The number of morpholine rings is 1. The number of aryl methyl sites for hydroxylation is 1. The highest BCUT2D eigenvalue weighted by Gasteiger charge is 2.25. The molecule has 0 bridgehead atoms. The molecule has 4 rings (SSSR count). The molecular weight excluding hydrogens is 350 g/mol. The fourth-order valence-corrected chi connectivity index (χ4v) is 4.20. The molecule has 1 aromatic carbocycles. The Balaban J connectivity index is 1.41. The van der Waals surface area contributed by atoms with Crippen molar-refractivity contribution in [3.05, 3.63) is 47.7 Å². The van der Waals surface area contributed by atoms with Crippen molar-refractivity contribution in [3.63, 3.8) is 0 Å². The van der Waals surface area contributed by atoms with E-state index < -0.39 is 0 Å². The van der Waals surface area contributed by atoms with Crippen LogP contribution in [-0.2, 0) is 11.3 Å². The number of likely N-dealkylation sites (N-methyl/N-ethyl adjacent to an activating group) is 1. The van der Waals surface area contributed by atoms with Crippen LogP contribution in [0.5, 0.6) is 0 Å². The van der Waals surface area contributed by atoms with Crippen LogP contribution in [0, 0.1) is 6.92 Å². The summed E-state index contributed by atoms with van der Waals surface area (Å²) in [4.78, 5) is 16.5. The number of benzene rings is 1. The van der Waals surface area contributed by atoms with E-state index in [4.69, 9.17) is 9.72 Å². The second-order valence-corrected chi connectivity index (χ2v) is 7.95. The fourth-order valence-electron chi connectivity index (χ4n) is 4.20. The minimum atomic E-state index is 0.478. The first-order chi connectivity index (χ1) is 13.7. The summed E-state index contributed by atoms with van der Waals surface area (Å²) in [5.74, 6) is 1.83. The molecule has 2 fully saturated rings. The van der Waals surface area contributed by atoms with Gasteiger partial charge in [0, 0.05) is 45.5 Å². The van der Waals surface area contributed by atoms with E-state index in [0.29, 0.717) is 6.04 Å². The second-order valence-electron chi connectivity index (χ2n) is 7.95. The quantitative estimate of drug-likeness (QED) is 0.794. The van der Waals surface area contributed by atoms with Crippen LogP contribution >= 0.6 is 0 Å². The molecule has 2 aromatic rings. The van der Waals surface area contributed by atoms with Crippen LogP contribution in [0.2, 0.25) is 0 Å². The normalized spacial score (nSPS) is 20.9. The first-order valence-electron chi connectivity index (χ1n) is 10.4. The third-order valence-electron chi connectivity index (χ3n) is 5.80. The molecule has 0 spiro atoms. The van der Waals surface area contributed by atoms with Gasteiger partial charge in [-0.05, 0) is 37.9 Å². The number of rotatable bonds is 5. The van der Waals surface area contributed by atoms with E-state index >= 15 is 0 Å². The highest BCUT2D eigenvalue weighted by molar-refractivity contribution is 5.44. The molecule has 1 aromatic heterocycles. The van der Waals surface area contributed by atoms with Gasteiger partial charge in [0.2, 0.25) is 5.95 Å². The topological polar surface area (TPSA) is 44.7 Å². The number of aromatic nitrogens is 2. The molecule has 6 nitrogen and oxygen atoms in total. The van der Waals surface area contributed by atoms with E-state index in [1.807, 2.05) is 12.3 Å². The van der Waals surface area contributed by atoms with Crippen molar-refractivity contribution in [2.75, 3.05) is 56.2 Å².